The molecule has 2 aromatic rings. The molecule has 1 aromatic heterocycles. The highest BCUT2D eigenvalue weighted by molar-refractivity contribution is 6.30. The van der Waals surface area contributed by atoms with Crippen molar-refractivity contribution < 1.29 is 4.39 Å². The molecule has 0 atom stereocenters. The van der Waals surface area contributed by atoms with Gasteiger partial charge in [0.15, 0.2) is 0 Å². The van der Waals surface area contributed by atoms with Gasteiger partial charge < -0.3 is 5.73 Å². The van der Waals surface area contributed by atoms with Gasteiger partial charge in [-0.2, -0.15) is 0 Å². The van der Waals surface area contributed by atoms with Gasteiger partial charge in [0.1, 0.15) is 11.6 Å². The zero-order valence-electron chi connectivity index (χ0n) is 9.44. The number of nitrogens with two attached hydrogens (primary N) is 1. The van der Waals surface area contributed by atoms with Crippen molar-refractivity contribution >= 4 is 24.0 Å². The van der Waals surface area contributed by atoms with Crippen molar-refractivity contribution in [2.45, 2.75) is 6.42 Å². The normalized spacial score (nSPS) is 9.94. The minimum absolute atomic E-state index is 0. The Hall–Kier alpha value is -1.23. The lowest BCUT2D eigenvalue weighted by Crippen LogP contribution is -2.06. The third-order valence-corrected chi connectivity index (χ3v) is 2.55. The number of halogens is 3. The van der Waals surface area contributed by atoms with Crippen LogP contribution in [0.4, 0.5) is 4.39 Å². The molecule has 1 heterocycles. The van der Waals surface area contributed by atoms with Gasteiger partial charge in [-0.15, -0.1) is 12.4 Å². The summed E-state index contributed by atoms with van der Waals surface area (Å²) in [5, 5.41) is 0.368. The first kappa shape index (κ1) is 14.8. The Morgan fingerprint density at radius 3 is 2.44 bits per heavy atom. The first-order chi connectivity index (χ1) is 8.20. The van der Waals surface area contributed by atoms with E-state index in [9.17, 15) is 4.39 Å². The summed E-state index contributed by atoms with van der Waals surface area (Å²) in [7, 11) is 0. The molecule has 96 valence electrons. The van der Waals surface area contributed by atoms with Crippen LogP contribution >= 0.6 is 24.0 Å². The lowest BCUT2D eigenvalue weighted by atomic mass is 10.1. The van der Waals surface area contributed by atoms with Crippen LogP contribution in [0.1, 0.15) is 5.82 Å². The average molecular weight is 288 g/mol. The van der Waals surface area contributed by atoms with Crippen molar-refractivity contribution in [3.63, 3.8) is 0 Å². The van der Waals surface area contributed by atoms with Gasteiger partial charge >= 0.3 is 0 Å². The van der Waals surface area contributed by atoms with E-state index in [2.05, 4.69) is 9.97 Å². The molecule has 0 radical (unpaired) electrons. The molecule has 0 aliphatic carbocycles. The summed E-state index contributed by atoms with van der Waals surface area (Å²) >= 11 is 5.69. The first-order valence-electron chi connectivity index (χ1n) is 5.17. The minimum Gasteiger partial charge on any atom is -0.330 e. The summed E-state index contributed by atoms with van der Waals surface area (Å²) in [5.41, 5.74) is 6.46. The number of hydrogen-bond acceptors (Lipinski definition) is 3. The van der Waals surface area contributed by atoms with E-state index in [-0.39, 0.29) is 18.2 Å². The number of aromatic nitrogens is 2. The van der Waals surface area contributed by atoms with Gasteiger partial charge in [-0.1, -0.05) is 11.6 Å². The van der Waals surface area contributed by atoms with Crippen LogP contribution in [0.2, 0.25) is 5.02 Å². The summed E-state index contributed by atoms with van der Waals surface area (Å²) in [6, 6.07) is 4.51. The molecule has 0 saturated heterocycles. The van der Waals surface area contributed by atoms with Crippen LogP contribution in [0.15, 0.2) is 30.6 Å². The molecular weight excluding hydrogens is 276 g/mol. The molecule has 1 aromatic carbocycles. The zero-order valence-corrected chi connectivity index (χ0v) is 11.0. The van der Waals surface area contributed by atoms with E-state index in [4.69, 9.17) is 17.3 Å². The quantitative estimate of drug-likeness (QED) is 0.944. The molecule has 0 aliphatic heterocycles. The maximum atomic E-state index is 13.6. The Morgan fingerprint density at radius 1 is 1.22 bits per heavy atom. The van der Waals surface area contributed by atoms with Gasteiger partial charge in [0, 0.05) is 35.0 Å². The monoisotopic (exact) mass is 287 g/mol. The molecule has 0 amide bonds. The van der Waals surface area contributed by atoms with E-state index < -0.39 is 0 Å². The Balaban J connectivity index is 0.00000162. The van der Waals surface area contributed by atoms with Gasteiger partial charge in [-0.3, -0.25) is 0 Å². The third kappa shape index (κ3) is 3.38. The topological polar surface area (TPSA) is 51.8 Å². The first-order valence-corrected chi connectivity index (χ1v) is 5.55. The van der Waals surface area contributed by atoms with Gasteiger partial charge in [0.05, 0.1) is 0 Å². The molecule has 0 unspecified atom stereocenters. The van der Waals surface area contributed by atoms with Crippen LogP contribution in [-0.2, 0) is 6.42 Å². The van der Waals surface area contributed by atoms with Crippen molar-refractivity contribution in [2.75, 3.05) is 6.54 Å². The number of nitrogens with zero attached hydrogens (tertiary/aromatic N) is 2. The predicted molar refractivity (Wildman–Crippen MR) is 72.4 cm³/mol. The Labute approximate surface area is 116 Å². The SMILES string of the molecule is Cl.NCCc1ncc(-c2ccc(Cl)cc2F)cn1. The molecule has 0 saturated carbocycles. The molecular formula is C12H12Cl2FN3. The van der Waals surface area contributed by atoms with E-state index in [1.54, 1.807) is 24.5 Å². The lowest BCUT2D eigenvalue weighted by Gasteiger charge is -2.04. The van der Waals surface area contributed by atoms with Crippen molar-refractivity contribution in [3.05, 3.63) is 47.3 Å². The molecule has 6 heteroatoms. The summed E-state index contributed by atoms with van der Waals surface area (Å²) in [4.78, 5) is 8.24. The van der Waals surface area contributed by atoms with Gasteiger partial charge in [-0.25, -0.2) is 14.4 Å². The second kappa shape index (κ2) is 6.64. The molecule has 2 N–H and O–H groups in total. The molecule has 0 aliphatic rings. The molecule has 0 fully saturated rings. The van der Waals surface area contributed by atoms with Crippen LogP contribution in [0.5, 0.6) is 0 Å². The van der Waals surface area contributed by atoms with E-state index in [0.29, 0.717) is 34.9 Å². The average Bonchev–Trinajstić information content (AvgIpc) is 2.31. The lowest BCUT2D eigenvalue weighted by molar-refractivity contribution is 0.631. The van der Waals surface area contributed by atoms with Crippen molar-refractivity contribution in [1.82, 2.24) is 9.97 Å². The third-order valence-electron chi connectivity index (χ3n) is 2.32. The number of rotatable bonds is 3. The molecule has 2 rings (SSSR count). The highest BCUT2D eigenvalue weighted by atomic mass is 35.5. The fraction of sp³-hybridized carbons (Fsp3) is 0.167. The van der Waals surface area contributed by atoms with Crippen LogP contribution in [0, 0.1) is 5.82 Å². The van der Waals surface area contributed by atoms with Crippen LogP contribution in [0.25, 0.3) is 11.1 Å². The largest absolute Gasteiger partial charge is 0.330 e. The maximum absolute atomic E-state index is 13.6. The predicted octanol–water partition coefficient (Wildman–Crippen LogP) is 2.86. The van der Waals surface area contributed by atoms with Crippen molar-refractivity contribution in [3.8, 4) is 11.1 Å². The standard InChI is InChI=1S/C12H11ClFN3.ClH/c13-9-1-2-10(11(14)5-9)8-6-16-12(3-4-15)17-7-8;/h1-2,5-7H,3-4,15H2;1H. The molecule has 0 bridgehead atoms. The highest BCUT2D eigenvalue weighted by Gasteiger charge is 2.06. The Morgan fingerprint density at radius 2 is 1.89 bits per heavy atom. The Kier molecular flexibility index (Phi) is 5.47. The van der Waals surface area contributed by atoms with Crippen LogP contribution in [-0.4, -0.2) is 16.5 Å². The van der Waals surface area contributed by atoms with Crippen LogP contribution in [0.3, 0.4) is 0 Å². The highest BCUT2D eigenvalue weighted by Crippen LogP contribution is 2.24. The Bertz CT molecular complexity index is 517. The van der Waals surface area contributed by atoms with Gasteiger partial charge in [0.2, 0.25) is 0 Å². The summed E-state index contributed by atoms with van der Waals surface area (Å²) in [5.74, 6) is 0.276. The van der Waals surface area contributed by atoms with Crippen molar-refractivity contribution in [2.24, 2.45) is 5.73 Å². The summed E-state index contributed by atoms with van der Waals surface area (Å²) in [6.07, 6.45) is 3.79. The molecule has 3 nitrogen and oxygen atoms in total. The van der Waals surface area contributed by atoms with E-state index in [0.717, 1.165) is 0 Å². The molecule has 0 spiro atoms. The summed E-state index contributed by atoms with van der Waals surface area (Å²) < 4.78 is 13.6. The van der Waals surface area contributed by atoms with E-state index in [1.165, 1.54) is 6.07 Å². The smallest absolute Gasteiger partial charge is 0.132 e. The second-order valence-electron chi connectivity index (χ2n) is 3.55. The van der Waals surface area contributed by atoms with Crippen LogP contribution < -0.4 is 5.73 Å². The van der Waals surface area contributed by atoms with E-state index >= 15 is 0 Å². The fourth-order valence-electron chi connectivity index (χ4n) is 1.48. The van der Waals surface area contributed by atoms with Gasteiger partial charge in [0.25, 0.3) is 0 Å². The zero-order chi connectivity index (χ0) is 12.3. The number of benzene rings is 1. The summed E-state index contributed by atoms with van der Waals surface area (Å²) in [6.45, 7) is 0.495. The second-order valence-corrected chi connectivity index (χ2v) is 3.99. The van der Waals surface area contributed by atoms with Crippen molar-refractivity contribution in [1.29, 1.82) is 0 Å². The maximum Gasteiger partial charge on any atom is 0.132 e. The number of hydrogen-bond donors (Lipinski definition) is 1. The molecule has 18 heavy (non-hydrogen) atoms. The van der Waals surface area contributed by atoms with E-state index in [1.807, 2.05) is 0 Å². The fourth-order valence-corrected chi connectivity index (χ4v) is 1.63. The minimum atomic E-state index is -0.382. The van der Waals surface area contributed by atoms with Gasteiger partial charge in [-0.05, 0) is 24.7 Å².